The van der Waals surface area contributed by atoms with E-state index in [9.17, 15) is 4.79 Å². The molecule has 1 rings (SSSR count). The van der Waals surface area contributed by atoms with Gasteiger partial charge in [0.25, 0.3) is 0 Å². The molecule has 1 aromatic carbocycles. The summed E-state index contributed by atoms with van der Waals surface area (Å²) in [5.41, 5.74) is 11.5. The molecule has 15 heavy (non-hydrogen) atoms. The van der Waals surface area contributed by atoms with Crippen LogP contribution in [0.4, 0.5) is 5.69 Å². The van der Waals surface area contributed by atoms with Gasteiger partial charge < -0.3 is 16.8 Å². The number of primary amides is 1. The van der Waals surface area contributed by atoms with Crippen molar-refractivity contribution < 1.29 is 4.79 Å². The van der Waals surface area contributed by atoms with Gasteiger partial charge in [0.05, 0.1) is 0 Å². The Bertz CT molecular complexity index is 326. The number of anilines is 1. The van der Waals surface area contributed by atoms with E-state index in [0.717, 1.165) is 10.2 Å². The second-order valence-electron chi connectivity index (χ2n) is 3.25. The van der Waals surface area contributed by atoms with Gasteiger partial charge in [-0.3, -0.25) is 4.79 Å². The minimum Gasteiger partial charge on any atom is -0.381 e. The summed E-state index contributed by atoms with van der Waals surface area (Å²) in [5, 5.41) is 3.14. The lowest BCUT2D eigenvalue weighted by molar-refractivity contribution is -0.118. The zero-order valence-corrected chi connectivity index (χ0v) is 9.83. The average molecular weight is 272 g/mol. The Hall–Kier alpha value is -1.07. The number of benzene rings is 1. The predicted octanol–water partition coefficient (Wildman–Crippen LogP) is 1.06. The van der Waals surface area contributed by atoms with Gasteiger partial charge in [-0.05, 0) is 24.3 Å². The van der Waals surface area contributed by atoms with Crippen molar-refractivity contribution in [3.05, 3.63) is 28.7 Å². The molecule has 1 amide bonds. The van der Waals surface area contributed by atoms with Crippen LogP contribution in [0, 0.1) is 0 Å². The van der Waals surface area contributed by atoms with Gasteiger partial charge in [-0.25, -0.2) is 0 Å². The summed E-state index contributed by atoms with van der Waals surface area (Å²) in [7, 11) is 0. The molecular formula is C10H14BrN3O. The van der Waals surface area contributed by atoms with Crippen molar-refractivity contribution in [2.75, 3.05) is 11.9 Å². The molecule has 0 fully saturated rings. The van der Waals surface area contributed by atoms with E-state index in [0.29, 0.717) is 6.54 Å². The fourth-order valence-electron chi connectivity index (χ4n) is 1.22. The number of carbonyl (C=O) groups excluding carboxylic acids is 1. The molecule has 0 saturated carbocycles. The first-order valence-corrected chi connectivity index (χ1v) is 5.41. The third-order valence-electron chi connectivity index (χ3n) is 1.95. The predicted molar refractivity (Wildman–Crippen MR) is 64.4 cm³/mol. The average Bonchev–Trinajstić information content (AvgIpc) is 2.19. The second kappa shape index (κ2) is 5.72. The van der Waals surface area contributed by atoms with Crippen molar-refractivity contribution in [3.8, 4) is 0 Å². The lowest BCUT2D eigenvalue weighted by atomic mass is 10.2. The van der Waals surface area contributed by atoms with E-state index in [-0.39, 0.29) is 18.4 Å². The van der Waals surface area contributed by atoms with Crippen LogP contribution in [0.3, 0.4) is 0 Å². The van der Waals surface area contributed by atoms with Crippen molar-refractivity contribution in [1.82, 2.24) is 0 Å². The Labute approximate surface area is 97.1 Å². The first-order valence-electron chi connectivity index (χ1n) is 4.62. The molecule has 0 heterocycles. The van der Waals surface area contributed by atoms with Gasteiger partial charge in [0.2, 0.25) is 5.91 Å². The van der Waals surface area contributed by atoms with E-state index < -0.39 is 0 Å². The van der Waals surface area contributed by atoms with E-state index in [1.54, 1.807) is 0 Å². The molecule has 0 aliphatic heterocycles. The van der Waals surface area contributed by atoms with Crippen LogP contribution in [0.1, 0.15) is 6.42 Å². The van der Waals surface area contributed by atoms with E-state index in [4.69, 9.17) is 11.5 Å². The van der Waals surface area contributed by atoms with Gasteiger partial charge in [0.15, 0.2) is 0 Å². The minimum atomic E-state index is -0.352. The molecule has 5 N–H and O–H groups in total. The van der Waals surface area contributed by atoms with Crippen LogP contribution in [0.5, 0.6) is 0 Å². The molecule has 82 valence electrons. The van der Waals surface area contributed by atoms with Crippen LogP contribution >= 0.6 is 15.9 Å². The molecular weight excluding hydrogens is 258 g/mol. The third kappa shape index (κ3) is 4.31. The van der Waals surface area contributed by atoms with Gasteiger partial charge in [-0.15, -0.1) is 0 Å². The van der Waals surface area contributed by atoms with Crippen molar-refractivity contribution in [2.24, 2.45) is 11.5 Å². The van der Waals surface area contributed by atoms with Crippen molar-refractivity contribution in [1.29, 1.82) is 0 Å². The summed E-state index contributed by atoms with van der Waals surface area (Å²) in [6.07, 6.45) is 0.243. The molecule has 0 spiro atoms. The molecule has 0 aliphatic carbocycles. The Morgan fingerprint density at radius 3 is 2.47 bits per heavy atom. The number of carbonyl (C=O) groups is 1. The zero-order valence-electron chi connectivity index (χ0n) is 8.24. The van der Waals surface area contributed by atoms with Crippen LogP contribution < -0.4 is 16.8 Å². The number of halogens is 1. The maximum absolute atomic E-state index is 10.7. The molecule has 0 bridgehead atoms. The van der Waals surface area contributed by atoms with Crippen LogP contribution in [-0.4, -0.2) is 18.5 Å². The summed E-state index contributed by atoms with van der Waals surface area (Å²) in [4.78, 5) is 10.7. The summed E-state index contributed by atoms with van der Waals surface area (Å²) in [6, 6.07) is 7.55. The highest BCUT2D eigenvalue weighted by Gasteiger charge is 2.09. The molecule has 5 heteroatoms. The largest absolute Gasteiger partial charge is 0.381 e. The van der Waals surface area contributed by atoms with Crippen molar-refractivity contribution >= 4 is 27.5 Å². The highest BCUT2D eigenvalue weighted by molar-refractivity contribution is 9.10. The maximum atomic E-state index is 10.7. The van der Waals surface area contributed by atoms with Crippen LogP contribution in [0.25, 0.3) is 0 Å². The normalized spacial score (nSPS) is 12.1. The molecule has 0 aliphatic rings. The second-order valence-corrected chi connectivity index (χ2v) is 4.17. The summed E-state index contributed by atoms with van der Waals surface area (Å²) in [6.45, 7) is 0.374. The first kappa shape index (κ1) is 12.0. The van der Waals surface area contributed by atoms with E-state index in [1.807, 2.05) is 24.3 Å². The van der Waals surface area contributed by atoms with Crippen LogP contribution in [0.15, 0.2) is 28.7 Å². The molecule has 1 unspecified atom stereocenters. The fourth-order valence-corrected chi connectivity index (χ4v) is 1.48. The number of nitrogens with one attached hydrogen (secondary N) is 1. The third-order valence-corrected chi connectivity index (χ3v) is 2.48. The minimum absolute atomic E-state index is 0.108. The SMILES string of the molecule is NCC(CC(N)=O)Nc1ccc(Br)cc1. The fraction of sp³-hybridized carbons (Fsp3) is 0.300. The van der Waals surface area contributed by atoms with Crippen LogP contribution in [0.2, 0.25) is 0 Å². The molecule has 1 aromatic rings. The topological polar surface area (TPSA) is 81.1 Å². The quantitative estimate of drug-likeness (QED) is 0.749. The Kier molecular flexibility index (Phi) is 4.58. The van der Waals surface area contributed by atoms with Gasteiger partial charge in [0, 0.05) is 29.2 Å². The summed E-state index contributed by atoms with van der Waals surface area (Å²) < 4.78 is 1.01. The lowest BCUT2D eigenvalue weighted by Gasteiger charge is -2.16. The highest BCUT2D eigenvalue weighted by atomic mass is 79.9. The zero-order chi connectivity index (χ0) is 11.3. The number of rotatable bonds is 5. The van der Waals surface area contributed by atoms with Gasteiger partial charge in [0.1, 0.15) is 0 Å². The van der Waals surface area contributed by atoms with Crippen molar-refractivity contribution in [3.63, 3.8) is 0 Å². The highest BCUT2D eigenvalue weighted by Crippen LogP contribution is 2.15. The molecule has 0 aromatic heterocycles. The summed E-state index contributed by atoms with van der Waals surface area (Å²) in [5.74, 6) is -0.352. The maximum Gasteiger partial charge on any atom is 0.219 e. The number of nitrogens with two attached hydrogens (primary N) is 2. The van der Waals surface area contributed by atoms with E-state index >= 15 is 0 Å². The molecule has 0 radical (unpaired) electrons. The molecule has 4 nitrogen and oxygen atoms in total. The van der Waals surface area contributed by atoms with Gasteiger partial charge >= 0.3 is 0 Å². The smallest absolute Gasteiger partial charge is 0.219 e. The standard InChI is InChI=1S/C10H14BrN3O/c11-7-1-3-8(4-2-7)14-9(6-12)5-10(13)15/h1-4,9,14H,5-6,12H2,(H2,13,15). The van der Waals surface area contributed by atoms with Crippen LogP contribution in [-0.2, 0) is 4.79 Å². The lowest BCUT2D eigenvalue weighted by Crippen LogP contribution is -2.33. The molecule has 1 atom stereocenters. The van der Waals surface area contributed by atoms with Gasteiger partial charge in [-0.2, -0.15) is 0 Å². The number of hydrogen-bond donors (Lipinski definition) is 3. The number of amides is 1. The monoisotopic (exact) mass is 271 g/mol. The molecule has 0 saturated heterocycles. The van der Waals surface area contributed by atoms with Gasteiger partial charge in [-0.1, -0.05) is 15.9 Å². The first-order chi connectivity index (χ1) is 7.11. The van der Waals surface area contributed by atoms with E-state index in [1.165, 1.54) is 0 Å². The Balaban J connectivity index is 2.58. The number of hydrogen-bond acceptors (Lipinski definition) is 3. The Morgan fingerprint density at radius 2 is 2.00 bits per heavy atom. The van der Waals surface area contributed by atoms with Crippen molar-refractivity contribution in [2.45, 2.75) is 12.5 Å². The van der Waals surface area contributed by atoms with E-state index in [2.05, 4.69) is 21.2 Å². The Morgan fingerprint density at radius 1 is 1.40 bits per heavy atom. The summed E-state index contributed by atoms with van der Waals surface area (Å²) >= 11 is 3.34.